The van der Waals surface area contributed by atoms with Gasteiger partial charge in [0.2, 0.25) is 11.7 Å². The third-order valence-corrected chi connectivity index (χ3v) is 4.14. The number of nitrogens with zero attached hydrogens (tertiary/aromatic N) is 4. The fourth-order valence-electron chi connectivity index (χ4n) is 2.36. The summed E-state index contributed by atoms with van der Waals surface area (Å²) < 4.78 is 0. The highest BCUT2D eigenvalue weighted by molar-refractivity contribution is 6.35. The highest BCUT2D eigenvalue weighted by Gasteiger charge is 2.15. The number of benzene rings is 2. The zero-order valence-electron chi connectivity index (χ0n) is 13.4. The minimum Gasteiger partial charge on any atom is -0.348 e. The van der Waals surface area contributed by atoms with Crippen molar-refractivity contribution in [2.45, 2.75) is 19.5 Å². The molecule has 6 nitrogen and oxygen atoms in total. The first kappa shape index (κ1) is 17.4. The summed E-state index contributed by atoms with van der Waals surface area (Å²) in [4.78, 5) is 13.5. The first-order valence-electron chi connectivity index (χ1n) is 7.60. The summed E-state index contributed by atoms with van der Waals surface area (Å²) in [5, 5.41) is 16.0. The molecule has 1 amide bonds. The average Bonchev–Trinajstić information content (AvgIpc) is 3.03. The van der Waals surface area contributed by atoms with Crippen LogP contribution in [0, 0.1) is 0 Å². The number of rotatable bonds is 5. The topological polar surface area (TPSA) is 72.7 Å². The molecule has 0 aliphatic carbocycles. The summed E-state index contributed by atoms with van der Waals surface area (Å²) in [6, 6.07) is 14.3. The lowest BCUT2D eigenvalue weighted by Gasteiger charge is -2.15. The molecule has 1 atom stereocenters. The first-order valence-corrected chi connectivity index (χ1v) is 8.36. The molecule has 3 aromatic rings. The van der Waals surface area contributed by atoms with Gasteiger partial charge in [0.15, 0.2) is 0 Å². The van der Waals surface area contributed by atoms with Gasteiger partial charge < -0.3 is 5.32 Å². The van der Waals surface area contributed by atoms with Crippen LogP contribution >= 0.6 is 23.2 Å². The summed E-state index contributed by atoms with van der Waals surface area (Å²) in [5.74, 6) is 0.234. The van der Waals surface area contributed by atoms with Crippen molar-refractivity contribution in [3.05, 3.63) is 64.1 Å². The molecule has 2 aromatic carbocycles. The highest BCUT2D eigenvalue weighted by atomic mass is 35.5. The van der Waals surface area contributed by atoms with E-state index in [4.69, 9.17) is 23.2 Å². The summed E-state index contributed by atoms with van der Waals surface area (Å²) in [6.07, 6.45) is 0. The molecule has 0 fully saturated rings. The van der Waals surface area contributed by atoms with E-state index in [9.17, 15) is 4.79 Å². The summed E-state index contributed by atoms with van der Waals surface area (Å²) in [7, 11) is 0. The van der Waals surface area contributed by atoms with E-state index in [1.165, 1.54) is 4.80 Å². The molecule has 1 aromatic heterocycles. The van der Waals surface area contributed by atoms with E-state index in [0.29, 0.717) is 15.9 Å². The Hall–Kier alpha value is -2.44. The summed E-state index contributed by atoms with van der Waals surface area (Å²) in [5.41, 5.74) is 1.63. The number of tetrazole rings is 1. The van der Waals surface area contributed by atoms with Gasteiger partial charge in [0.1, 0.15) is 6.54 Å². The third-order valence-electron chi connectivity index (χ3n) is 3.58. The van der Waals surface area contributed by atoms with Crippen LogP contribution in [-0.2, 0) is 11.3 Å². The van der Waals surface area contributed by atoms with Gasteiger partial charge in [-0.15, -0.1) is 10.2 Å². The highest BCUT2D eigenvalue weighted by Crippen LogP contribution is 2.26. The fraction of sp³-hybridized carbons (Fsp3) is 0.176. The number of carbonyl (C=O) groups excluding carboxylic acids is 1. The van der Waals surface area contributed by atoms with Crippen molar-refractivity contribution in [3.63, 3.8) is 0 Å². The van der Waals surface area contributed by atoms with Crippen LogP contribution in [-0.4, -0.2) is 26.1 Å². The lowest BCUT2D eigenvalue weighted by Crippen LogP contribution is -2.31. The van der Waals surface area contributed by atoms with E-state index in [0.717, 1.165) is 11.1 Å². The first-order chi connectivity index (χ1) is 12.0. The van der Waals surface area contributed by atoms with E-state index in [1.807, 2.05) is 37.3 Å². The van der Waals surface area contributed by atoms with E-state index in [2.05, 4.69) is 20.7 Å². The molecule has 0 bridgehead atoms. The van der Waals surface area contributed by atoms with E-state index in [-0.39, 0.29) is 18.5 Å². The Morgan fingerprint density at radius 3 is 2.68 bits per heavy atom. The fourth-order valence-corrected chi connectivity index (χ4v) is 2.93. The van der Waals surface area contributed by atoms with Crippen molar-refractivity contribution in [2.75, 3.05) is 0 Å². The van der Waals surface area contributed by atoms with Gasteiger partial charge in [-0.3, -0.25) is 4.79 Å². The van der Waals surface area contributed by atoms with Crippen LogP contribution in [0.5, 0.6) is 0 Å². The maximum Gasteiger partial charge on any atom is 0.244 e. The van der Waals surface area contributed by atoms with Gasteiger partial charge in [0, 0.05) is 15.6 Å². The molecule has 0 aliphatic rings. The number of hydrogen-bond acceptors (Lipinski definition) is 4. The van der Waals surface area contributed by atoms with Gasteiger partial charge in [-0.25, -0.2) is 0 Å². The lowest BCUT2D eigenvalue weighted by molar-refractivity contribution is -0.122. The monoisotopic (exact) mass is 375 g/mol. The summed E-state index contributed by atoms with van der Waals surface area (Å²) >= 11 is 12.1. The second-order valence-electron chi connectivity index (χ2n) is 5.46. The second kappa shape index (κ2) is 7.63. The van der Waals surface area contributed by atoms with Crippen LogP contribution in [0.2, 0.25) is 10.0 Å². The smallest absolute Gasteiger partial charge is 0.244 e. The Morgan fingerprint density at radius 2 is 1.96 bits per heavy atom. The van der Waals surface area contributed by atoms with Gasteiger partial charge in [0.25, 0.3) is 0 Å². The molecule has 128 valence electrons. The molecule has 0 aliphatic heterocycles. The number of nitrogens with one attached hydrogen (secondary N) is 1. The van der Waals surface area contributed by atoms with Gasteiger partial charge >= 0.3 is 0 Å². The Kier molecular flexibility index (Phi) is 5.31. The van der Waals surface area contributed by atoms with Crippen molar-refractivity contribution in [1.82, 2.24) is 25.5 Å². The van der Waals surface area contributed by atoms with Crippen LogP contribution in [0.3, 0.4) is 0 Å². The normalized spacial score (nSPS) is 12.0. The quantitative estimate of drug-likeness (QED) is 0.740. The van der Waals surface area contributed by atoms with Crippen LogP contribution in [0.1, 0.15) is 18.5 Å². The predicted molar refractivity (Wildman–Crippen MR) is 96.3 cm³/mol. The van der Waals surface area contributed by atoms with Gasteiger partial charge in [-0.1, -0.05) is 59.6 Å². The molecule has 8 heteroatoms. The number of carbonyl (C=O) groups is 1. The molecular weight excluding hydrogens is 361 g/mol. The van der Waals surface area contributed by atoms with Crippen LogP contribution in [0.15, 0.2) is 48.5 Å². The van der Waals surface area contributed by atoms with Crippen molar-refractivity contribution < 1.29 is 4.79 Å². The van der Waals surface area contributed by atoms with E-state index in [1.54, 1.807) is 18.2 Å². The Bertz CT molecular complexity index is 882. The molecule has 0 radical (unpaired) electrons. The molecule has 0 unspecified atom stereocenters. The second-order valence-corrected chi connectivity index (χ2v) is 6.31. The SMILES string of the molecule is C[C@@H](NC(=O)Cn1nnc(-c2ccccc2)n1)c1ccc(Cl)cc1Cl. The molecule has 1 N–H and O–H groups in total. The Balaban J connectivity index is 1.64. The minimum atomic E-state index is -0.269. The van der Waals surface area contributed by atoms with Crippen molar-refractivity contribution in [3.8, 4) is 11.4 Å². The van der Waals surface area contributed by atoms with Crippen molar-refractivity contribution in [1.29, 1.82) is 0 Å². The van der Waals surface area contributed by atoms with Crippen LogP contribution in [0.4, 0.5) is 0 Å². The van der Waals surface area contributed by atoms with Crippen LogP contribution in [0.25, 0.3) is 11.4 Å². The largest absolute Gasteiger partial charge is 0.348 e. The molecule has 1 heterocycles. The van der Waals surface area contributed by atoms with Crippen molar-refractivity contribution >= 4 is 29.1 Å². The number of halogens is 2. The van der Waals surface area contributed by atoms with Crippen LogP contribution < -0.4 is 5.32 Å². The standard InChI is InChI=1S/C17H15Cl2N5O/c1-11(14-8-7-13(18)9-15(14)19)20-16(25)10-24-22-17(21-23-24)12-5-3-2-4-6-12/h2-9,11H,10H2,1H3,(H,20,25)/t11-/m1/s1. The number of aromatic nitrogens is 4. The van der Waals surface area contributed by atoms with Crippen molar-refractivity contribution in [2.24, 2.45) is 0 Å². The minimum absolute atomic E-state index is 0.0324. The molecule has 0 spiro atoms. The molecule has 0 saturated heterocycles. The van der Waals surface area contributed by atoms with E-state index < -0.39 is 0 Å². The Labute approximate surface area is 154 Å². The third kappa shape index (κ3) is 4.35. The number of hydrogen-bond donors (Lipinski definition) is 1. The Morgan fingerprint density at radius 1 is 1.20 bits per heavy atom. The molecule has 0 saturated carbocycles. The molecule has 3 rings (SSSR count). The van der Waals surface area contributed by atoms with Gasteiger partial charge in [-0.2, -0.15) is 4.80 Å². The maximum absolute atomic E-state index is 12.2. The zero-order valence-corrected chi connectivity index (χ0v) is 14.9. The zero-order chi connectivity index (χ0) is 17.8. The number of amides is 1. The van der Waals surface area contributed by atoms with Gasteiger partial charge in [0.05, 0.1) is 6.04 Å². The molecule has 25 heavy (non-hydrogen) atoms. The molecular formula is C17H15Cl2N5O. The maximum atomic E-state index is 12.2. The average molecular weight is 376 g/mol. The van der Waals surface area contributed by atoms with E-state index >= 15 is 0 Å². The van der Waals surface area contributed by atoms with Gasteiger partial charge in [-0.05, 0) is 29.8 Å². The predicted octanol–water partition coefficient (Wildman–Crippen LogP) is 3.52. The lowest BCUT2D eigenvalue weighted by atomic mass is 10.1. The summed E-state index contributed by atoms with van der Waals surface area (Å²) in [6.45, 7) is 1.81.